The molecule has 1 fully saturated rings. The van der Waals surface area contributed by atoms with Crippen LogP contribution in [0.25, 0.3) is 0 Å². The fourth-order valence-electron chi connectivity index (χ4n) is 1.89. The molecule has 1 heterocycles. The van der Waals surface area contributed by atoms with Crippen molar-refractivity contribution in [2.45, 2.75) is 19.8 Å². The number of rotatable bonds is 3. The normalized spacial score (nSPS) is 21.8. The molecule has 1 atom stereocenters. The van der Waals surface area contributed by atoms with Crippen LogP contribution in [-0.2, 0) is 0 Å². The minimum absolute atomic E-state index is 0.773. The highest BCUT2D eigenvalue weighted by atomic mass is 16.7. The Labute approximate surface area is 90.8 Å². The summed E-state index contributed by atoms with van der Waals surface area (Å²) in [5.41, 5.74) is 6.38. The minimum Gasteiger partial charge on any atom is -0.406 e. The molecule has 1 aromatic rings. The van der Waals surface area contributed by atoms with Crippen LogP contribution in [0.3, 0.4) is 0 Å². The lowest BCUT2D eigenvalue weighted by Gasteiger charge is -2.16. The van der Waals surface area contributed by atoms with Gasteiger partial charge >= 0.3 is 0 Å². The summed E-state index contributed by atoms with van der Waals surface area (Å²) in [5.74, 6) is 1.67. The van der Waals surface area contributed by atoms with E-state index < -0.39 is 0 Å². The maximum absolute atomic E-state index is 5.74. The highest BCUT2D eigenvalue weighted by Crippen LogP contribution is 2.22. The molecule has 0 amide bonds. The second kappa shape index (κ2) is 4.53. The number of anilines is 1. The second-order valence-electron chi connectivity index (χ2n) is 4.11. The van der Waals surface area contributed by atoms with Crippen LogP contribution in [0.5, 0.6) is 5.75 Å². The molecule has 15 heavy (non-hydrogen) atoms. The number of nitrogens with zero attached hydrogens (tertiary/aromatic N) is 1. The molecule has 3 nitrogen and oxygen atoms in total. The van der Waals surface area contributed by atoms with Gasteiger partial charge in [-0.05, 0) is 36.6 Å². The van der Waals surface area contributed by atoms with Crippen LogP contribution in [-0.4, -0.2) is 18.2 Å². The van der Waals surface area contributed by atoms with Gasteiger partial charge in [-0.2, -0.15) is 0 Å². The number of nitrogens with two attached hydrogens (primary N) is 1. The van der Waals surface area contributed by atoms with Crippen molar-refractivity contribution in [3.05, 3.63) is 24.3 Å². The standard InChI is InChI=1S/C12H18N2O/c1-2-10-7-8-14(9-10)15-12-5-3-11(13)4-6-12/h3-6,10H,2,7-9,13H2,1H3. The number of hydrogen-bond donors (Lipinski definition) is 1. The van der Waals surface area contributed by atoms with Crippen molar-refractivity contribution in [1.29, 1.82) is 0 Å². The van der Waals surface area contributed by atoms with Gasteiger partial charge in [0.25, 0.3) is 0 Å². The van der Waals surface area contributed by atoms with Crippen LogP contribution in [0.15, 0.2) is 24.3 Å². The van der Waals surface area contributed by atoms with Crippen molar-refractivity contribution < 1.29 is 4.84 Å². The Morgan fingerprint density at radius 2 is 2.13 bits per heavy atom. The number of hydrogen-bond acceptors (Lipinski definition) is 3. The SMILES string of the molecule is CCC1CCN(Oc2ccc(N)cc2)C1. The summed E-state index contributed by atoms with van der Waals surface area (Å²) >= 11 is 0. The molecule has 82 valence electrons. The maximum atomic E-state index is 5.74. The lowest BCUT2D eigenvalue weighted by Crippen LogP contribution is -2.24. The first-order chi connectivity index (χ1) is 7.28. The van der Waals surface area contributed by atoms with Gasteiger partial charge in [0, 0.05) is 18.8 Å². The lowest BCUT2D eigenvalue weighted by molar-refractivity contribution is -0.0384. The van der Waals surface area contributed by atoms with Crippen molar-refractivity contribution in [2.75, 3.05) is 18.8 Å². The zero-order chi connectivity index (χ0) is 10.7. The zero-order valence-electron chi connectivity index (χ0n) is 9.15. The Kier molecular flexibility index (Phi) is 3.11. The third kappa shape index (κ3) is 2.63. The van der Waals surface area contributed by atoms with Crippen LogP contribution in [0.2, 0.25) is 0 Å². The largest absolute Gasteiger partial charge is 0.406 e. The smallest absolute Gasteiger partial charge is 0.147 e. The maximum Gasteiger partial charge on any atom is 0.147 e. The Morgan fingerprint density at radius 1 is 1.40 bits per heavy atom. The van der Waals surface area contributed by atoms with Gasteiger partial charge in [0.15, 0.2) is 0 Å². The molecule has 0 bridgehead atoms. The van der Waals surface area contributed by atoms with E-state index in [2.05, 4.69) is 6.92 Å². The second-order valence-corrected chi connectivity index (χ2v) is 4.11. The molecule has 1 saturated heterocycles. The van der Waals surface area contributed by atoms with Crippen molar-refractivity contribution in [3.63, 3.8) is 0 Å². The van der Waals surface area contributed by atoms with Gasteiger partial charge < -0.3 is 10.6 Å². The van der Waals surface area contributed by atoms with E-state index in [1.165, 1.54) is 12.8 Å². The topological polar surface area (TPSA) is 38.5 Å². The van der Waals surface area contributed by atoms with Gasteiger partial charge in [0.05, 0.1) is 0 Å². The van der Waals surface area contributed by atoms with Crippen LogP contribution in [0.4, 0.5) is 5.69 Å². The van der Waals surface area contributed by atoms with Crippen LogP contribution in [0, 0.1) is 5.92 Å². The Bertz CT molecular complexity index is 310. The summed E-state index contributed by atoms with van der Waals surface area (Å²) < 4.78 is 0. The van der Waals surface area contributed by atoms with Crippen molar-refractivity contribution in [3.8, 4) is 5.75 Å². The summed E-state index contributed by atoms with van der Waals surface area (Å²) in [6.07, 6.45) is 2.48. The molecule has 1 unspecified atom stereocenters. The van der Waals surface area contributed by atoms with Crippen molar-refractivity contribution >= 4 is 5.69 Å². The molecular weight excluding hydrogens is 188 g/mol. The minimum atomic E-state index is 0.773. The van der Waals surface area contributed by atoms with Gasteiger partial charge in [0.1, 0.15) is 5.75 Å². The predicted octanol–water partition coefficient (Wildman–Crippen LogP) is 2.29. The average Bonchev–Trinajstić information content (AvgIpc) is 2.69. The fraction of sp³-hybridized carbons (Fsp3) is 0.500. The van der Waals surface area contributed by atoms with Gasteiger partial charge in [-0.3, -0.25) is 0 Å². The fourth-order valence-corrected chi connectivity index (χ4v) is 1.89. The van der Waals surface area contributed by atoms with E-state index >= 15 is 0 Å². The van der Waals surface area contributed by atoms with E-state index in [4.69, 9.17) is 10.6 Å². The molecule has 1 aliphatic heterocycles. The van der Waals surface area contributed by atoms with Crippen LogP contribution in [0.1, 0.15) is 19.8 Å². The summed E-state index contributed by atoms with van der Waals surface area (Å²) in [4.78, 5) is 5.74. The summed E-state index contributed by atoms with van der Waals surface area (Å²) in [5, 5.41) is 2.04. The molecule has 0 radical (unpaired) electrons. The Hall–Kier alpha value is -1.22. The molecule has 1 aliphatic rings. The van der Waals surface area contributed by atoms with Crippen LogP contribution < -0.4 is 10.6 Å². The highest BCUT2D eigenvalue weighted by molar-refractivity contribution is 5.41. The molecule has 0 spiro atoms. The van der Waals surface area contributed by atoms with Gasteiger partial charge in [-0.15, -0.1) is 5.06 Å². The van der Waals surface area contributed by atoms with Crippen molar-refractivity contribution in [1.82, 2.24) is 5.06 Å². The monoisotopic (exact) mass is 206 g/mol. The third-order valence-corrected chi connectivity index (χ3v) is 2.94. The first kappa shape index (κ1) is 10.3. The molecular formula is C12H18N2O. The molecule has 0 aromatic heterocycles. The summed E-state index contributed by atoms with van der Waals surface area (Å²) in [6.45, 7) is 4.31. The molecule has 3 heteroatoms. The quantitative estimate of drug-likeness (QED) is 0.771. The van der Waals surface area contributed by atoms with E-state index in [-0.39, 0.29) is 0 Å². The summed E-state index contributed by atoms with van der Waals surface area (Å²) in [7, 11) is 0. The van der Waals surface area contributed by atoms with E-state index in [9.17, 15) is 0 Å². The zero-order valence-corrected chi connectivity index (χ0v) is 9.15. The van der Waals surface area contributed by atoms with E-state index in [1.54, 1.807) is 0 Å². The number of benzene rings is 1. The Balaban J connectivity index is 1.90. The molecule has 1 aromatic carbocycles. The first-order valence-corrected chi connectivity index (χ1v) is 5.56. The molecule has 2 rings (SSSR count). The third-order valence-electron chi connectivity index (χ3n) is 2.94. The van der Waals surface area contributed by atoms with E-state index in [1.807, 2.05) is 29.3 Å². The van der Waals surface area contributed by atoms with Crippen LogP contribution >= 0.6 is 0 Å². The molecule has 0 saturated carbocycles. The average molecular weight is 206 g/mol. The van der Waals surface area contributed by atoms with E-state index in [0.29, 0.717) is 0 Å². The van der Waals surface area contributed by atoms with Gasteiger partial charge in [-0.25, -0.2) is 0 Å². The predicted molar refractivity (Wildman–Crippen MR) is 61.5 cm³/mol. The molecule has 0 aliphatic carbocycles. The lowest BCUT2D eigenvalue weighted by atomic mass is 10.1. The highest BCUT2D eigenvalue weighted by Gasteiger charge is 2.22. The van der Waals surface area contributed by atoms with Crippen molar-refractivity contribution in [2.24, 2.45) is 5.92 Å². The number of hydroxylamine groups is 2. The number of nitrogen functional groups attached to an aromatic ring is 1. The van der Waals surface area contributed by atoms with Gasteiger partial charge in [0.2, 0.25) is 0 Å². The first-order valence-electron chi connectivity index (χ1n) is 5.56. The molecule has 2 N–H and O–H groups in total. The Morgan fingerprint density at radius 3 is 2.73 bits per heavy atom. The van der Waals surface area contributed by atoms with E-state index in [0.717, 1.165) is 30.4 Å². The summed E-state index contributed by atoms with van der Waals surface area (Å²) in [6, 6.07) is 7.55. The van der Waals surface area contributed by atoms with Gasteiger partial charge in [-0.1, -0.05) is 13.3 Å².